The van der Waals surface area contributed by atoms with Gasteiger partial charge in [-0.1, -0.05) is 33.8 Å². The Morgan fingerprint density at radius 1 is 1.13 bits per heavy atom. The van der Waals surface area contributed by atoms with Gasteiger partial charge in [-0.15, -0.1) is 0 Å². The van der Waals surface area contributed by atoms with Crippen molar-refractivity contribution in [1.82, 2.24) is 19.2 Å². The molecule has 1 saturated heterocycles. The molecule has 1 aromatic carbocycles. The number of amides is 1. The molecule has 31 heavy (non-hydrogen) atoms. The van der Waals surface area contributed by atoms with E-state index < -0.39 is 0 Å². The number of benzene rings is 1. The number of aryl methyl sites for hydroxylation is 1. The number of aromatic nitrogens is 3. The molecule has 1 N–H and O–H groups in total. The van der Waals surface area contributed by atoms with Gasteiger partial charge in [-0.25, -0.2) is 0 Å². The number of carbonyl (C=O) groups is 1. The van der Waals surface area contributed by atoms with Gasteiger partial charge in [-0.05, 0) is 29.5 Å². The molecule has 1 aliphatic rings. The summed E-state index contributed by atoms with van der Waals surface area (Å²) in [5.74, 6) is 0.871. The van der Waals surface area contributed by atoms with E-state index in [1.807, 2.05) is 49.0 Å². The summed E-state index contributed by atoms with van der Waals surface area (Å²) in [7, 11) is 2.05. The molecule has 2 aromatic heterocycles. The maximum atomic E-state index is 12.7. The highest BCUT2D eigenvalue weighted by atomic mass is 16.5. The molecule has 7 nitrogen and oxygen atoms in total. The molecular weight excluding hydrogens is 390 g/mol. The van der Waals surface area contributed by atoms with Crippen molar-refractivity contribution in [2.75, 3.05) is 38.2 Å². The normalized spacial score (nSPS) is 14.5. The quantitative estimate of drug-likeness (QED) is 0.646. The van der Waals surface area contributed by atoms with Crippen LogP contribution in [0.5, 0.6) is 0 Å². The van der Waals surface area contributed by atoms with E-state index in [9.17, 15) is 4.79 Å². The van der Waals surface area contributed by atoms with Gasteiger partial charge in [-0.2, -0.15) is 5.10 Å². The molecule has 0 radical (unpaired) electrons. The third-order valence-electron chi connectivity index (χ3n) is 5.57. The zero-order valence-electron chi connectivity index (χ0n) is 19.4. The van der Waals surface area contributed by atoms with E-state index in [0.29, 0.717) is 17.3 Å². The molecule has 0 spiro atoms. The number of nitrogens with zero attached hydrogens (tertiary/aromatic N) is 4. The van der Waals surface area contributed by atoms with Gasteiger partial charge in [0.05, 0.1) is 19.8 Å². The molecule has 0 unspecified atom stereocenters. The second kappa shape index (κ2) is 10.6. The first kappa shape index (κ1) is 23.0. The summed E-state index contributed by atoms with van der Waals surface area (Å²) in [5, 5.41) is 8.56. The fourth-order valence-corrected chi connectivity index (χ4v) is 3.86. The minimum atomic E-state index is -0.141. The summed E-state index contributed by atoms with van der Waals surface area (Å²) < 4.78 is 9.41. The fraction of sp³-hybridized carbons (Fsp3) is 0.500. The third kappa shape index (κ3) is 5.54. The van der Waals surface area contributed by atoms with Crippen LogP contribution in [-0.2, 0) is 18.3 Å². The Labute approximate surface area is 185 Å². The van der Waals surface area contributed by atoms with Crippen molar-refractivity contribution in [2.45, 2.75) is 40.2 Å². The molecular formula is C24H35N5O2. The summed E-state index contributed by atoms with van der Waals surface area (Å²) in [6.07, 6.45) is 1.91. The van der Waals surface area contributed by atoms with Gasteiger partial charge in [0.2, 0.25) is 0 Å². The Morgan fingerprint density at radius 2 is 1.87 bits per heavy atom. The van der Waals surface area contributed by atoms with Crippen molar-refractivity contribution in [1.29, 1.82) is 0 Å². The summed E-state index contributed by atoms with van der Waals surface area (Å²) in [6, 6.07) is 9.87. The van der Waals surface area contributed by atoms with E-state index in [1.54, 1.807) is 0 Å². The number of morpholine rings is 1. The fourth-order valence-electron chi connectivity index (χ4n) is 3.86. The SMILES string of the molecule is CC.CC(C)c1cc2ccc(C(=O)Nc3ccn(CCN4CCOCC4)n3)cc2n1C. The number of hydrogen-bond donors (Lipinski definition) is 1. The van der Waals surface area contributed by atoms with Gasteiger partial charge in [0.25, 0.3) is 5.91 Å². The summed E-state index contributed by atoms with van der Waals surface area (Å²) in [6.45, 7) is 13.6. The number of anilines is 1. The number of fused-ring (bicyclic) bond motifs is 1. The minimum absolute atomic E-state index is 0.141. The lowest BCUT2D eigenvalue weighted by Gasteiger charge is -2.26. The first-order chi connectivity index (χ1) is 15.0. The van der Waals surface area contributed by atoms with Crippen LogP contribution in [0.1, 0.15) is 49.7 Å². The Kier molecular flexibility index (Phi) is 7.87. The Morgan fingerprint density at radius 3 is 2.58 bits per heavy atom. The van der Waals surface area contributed by atoms with Gasteiger partial charge >= 0.3 is 0 Å². The van der Waals surface area contributed by atoms with Crippen LogP contribution in [0.4, 0.5) is 5.82 Å². The van der Waals surface area contributed by atoms with E-state index in [1.165, 1.54) is 5.69 Å². The van der Waals surface area contributed by atoms with E-state index >= 15 is 0 Å². The van der Waals surface area contributed by atoms with E-state index in [2.05, 4.69) is 46.8 Å². The molecule has 3 aromatic rings. The Hall–Kier alpha value is -2.64. The second-order valence-corrected chi connectivity index (χ2v) is 7.93. The summed E-state index contributed by atoms with van der Waals surface area (Å²) in [4.78, 5) is 15.1. The molecule has 1 aliphatic heterocycles. The van der Waals surface area contributed by atoms with Crippen LogP contribution in [-0.4, -0.2) is 58.0 Å². The maximum Gasteiger partial charge on any atom is 0.256 e. The lowest BCUT2D eigenvalue weighted by molar-refractivity contribution is 0.0360. The number of nitrogens with one attached hydrogen (secondary N) is 1. The lowest BCUT2D eigenvalue weighted by atomic mass is 10.1. The minimum Gasteiger partial charge on any atom is -0.379 e. The molecule has 0 saturated carbocycles. The first-order valence-corrected chi connectivity index (χ1v) is 11.3. The van der Waals surface area contributed by atoms with Gasteiger partial charge < -0.3 is 14.6 Å². The van der Waals surface area contributed by atoms with E-state index in [4.69, 9.17) is 4.74 Å². The van der Waals surface area contributed by atoms with Gasteiger partial charge in [-0.3, -0.25) is 14.4 Å². The summed E-state index contributed by atoms with van der Waals surface area (Å²) in [5.41, 5.74) is 2.96. The monoisotopic (exact) mass is 425 g/mol. The molecule has 4 rings (SSSR count). The van der Waals surface area contributed by atoms with Crippen molar-refractivity contribution >= 4 is 22.6 Å². The van der Waals surface area contributed by atoms with Crippen LogP contribution in [0.15, 0.2) is 36.5 Å². The molecule has 0 atom stereocenters. The number of hydrogen-bond acceptors (Lipinski definition) is 4. The van der Waals surface area contributed by atoms with Crippen LogP contribution in [0.3, 0.4) is 0 Å². The maximum absolute atomic E-state index is 12.7. The highest BCUT2D eigenvalue weighted by molar-refractivity contribution is 6.05. The summed E-state index contributed by atoms with van der Waals surface area (Å²) >= 11 is 0. The molecule has 3 heterocycles. The topological polar surface area (TPSA) is 64.3 Å². The van der Waals surface area contributed by atoms with Crippen molar-refractivity contribution < 1.29 is 9.53 Å². The molecule has 1 fully saturated rings. The highest BCUT2D eigenvalue weighted by Gasteiger charge is 2.14. The van der Waals surface area contributed by atoms with E-state index in [0.717, 1.165) is 50.3 Å². The second-order valence-electron chi connectivity index (χ2n) is 7.93. The van der Waals surface area contributed by atoms with Crippen molar-refractivity contribution in [3.63, 3.8) is 0 Å². The molecule has 7 heteroatoms. The molecule has 1 amide bonds. The van der Waals surface area contributed by atoms with Crippen LogP contribution in [0.2, 0.25) is 0 Å². The Balaban J connectivity index is 0.00000132. The van der Waals surface area contributed by atoms with Crippen LogP contribution >= 0.6 is 0 Å². The largest absolute Gasteiger partial charge is 0.379 e. The lowest BCUT2D eigenvalue weighted by Crippen LogP contribution is -2.38. The van der Waals surface area contributed by atoms with Gasteiger partial charge in [0, 0.05) is 55.7 Å². The predicted molar refractivity (Wildman–Crippen MR) is 126 cm³/mol. The Bertz CT molecular complexity index is 999. The van der Waals surface area contributed by atoms with Crippen LogP contribution in [0.25, 0.3) is 10.9 Å². The number of carbonyl (C=O) groups excluding carboxylic acids is 1. The number of rotatable bonds is 6. The molecule has 0 aliphatic carbocycles. The van der Waals surface area contributed by atoms with Gasteiger partial charge in [0.1, 0.15) is 0 Å². The van der Waals surface area contributed by atoms with Crippen LogP contribution < -0.4 is 5.32 Å². The average molecular weight is 426 g/mol. The zero-order chi connectivity index (χ0) is 22.4. The first-order valence-electron chi connectivity index (χ1n) is 11.3. The van der Waals surface area contributed by atoms with E-state index in [-0.39, 0.29) is 5.91 Å². The molecule has 168 valence electrons. The molecule has 0 bridgehead atoms. The predicted octanol–water partition coefficient (Wildman–Crippen LogP) is 4.11. The zero-order valence-corrected chi connectivity index (χ0v) is 19.4. The van der Waals surface area contributed by atoms with Crippen molar-refractivity contribution in [3.05, 3.63) is 47.8 Å². The average Bonchev–Trinajstić information content (AvgIpc) is 3.38. The highest BCUT2D eigenvalue weighted by Crippen LogP contribution is 2.25. The van der Waals surface area contributed by atoms with Crippen molar-refractivity contribution in [2.24, 2.45) is 7.05 Å². The van der Waals surface area contributed by atoms with Gasteiger partial charge in [0.15, 0.2) is 5.82 Å². The van der Waals surface area contributed by atoms with Crippen LogP contribution in [0, 0.1) is 0 Å². The standard InChI is InChI=1S/C22H29N5O2.C2H6/c1-16(2)19-14-17-4-5-18(15-20(17)25(19)3)22(28)23-21-6-7-27(24-21)9-8-26-10-12-29-13-11-26;1-2/h4-7,14-16H,8-13H2,1-3H3,(H,23,24,28);1-2H3. The number of ether oxygens (including phenoxy) is 1. The smallest absolute Gasteiger partial charge is 0.256 e. The van der Waals surface area contributed by atoms with Crippen molar-refractivity contribution in [3.8, 4) is 0 Å². The third-order valence-corrected chi connectivity index (χ3v) is 5.57.